The van der Waals surface area contributed by atoms with E-state index < -0.39 is 5.97 Å². The quantitative estimate of drug-likeness (QED) is 0.706. The highest BCUT2D eigenvalue weighted by atomic mass is 35.5. The summed E-state index contributed by atoms with van der Waals surface area (Å²) in [5.74, 6) is -0.752. The number of amides is 1. The molecule has 0 aromatic heterocycles. The third kappa shape index (κ3) is 5.44. The highest BCUT2D eigenvalue weighted by Crippen LogP contribution is 2.27. The van der Waals surface area contributed by atoms with Crippen molar-refractivity contribution in [3.05, 3.63) is 58.1 Å². The number of carboxylic acid groups (broad SMARTS) is 1. The van der Waals surface area contributed by atoms with Gasteiger partial charge in [0.15, 0.2) is 0 Å². The molecule has 0 radical (unpaired) electrons. The van der Waals surface area contributed by atoms with E-state index in [4.69, 9.17) is 33.0 Å². The van der Waals surface area contributed by atoms with Crippen LogP contribution in [0.1, 0.15) is 23.2 Å². The van der Waals surface area contributed by atoms with Crippen molar-refractivity contribution in [3.8, 4) is 5.75 Å². The minimum atomic E-state index is -1.04. The molecule has 0 bridgehead atoms. The van der Waals surface area contributed by atoms with Gasteiger partial charge in [0.25, 0.3) is 0 Å². The van der Waals surface area contributed by atoms with E-state index in [-0.39, 0.29) is 17.9 Å². The molecule has 0 atom stereocenters. The first kappa shape index (κ1) is 18.1. The number of ether oxygens (including phenoxy) is 1. The van der Waals surface area contributed by atoms with Gasteiger partial charge in [0.05, 0.1) is 17.2 Å². The van der Waals surface area contributed by atoms with Gasteiger partial charge < -0.3 is 15.2 Å². The molecule has 2 rings (SSSR count). The van der Waals surface area contributed by atoms with Crippen molar-refractivity contribution in [1.29, 1.82) is 0 Å². The van der Waals surface area contributed by atoms with E-state index in [2.05, 4.69) is 5.32 Å². The molecule has 2 aromatic rings. The Morgan fingerprint density at radius 1 is 1.12 bits per heavy atom. The summed E-state index contributed by atoms with van der Waals surface area (Å²) in [5.41, 5.74) is 0.565. The summed E-state index contributed by atoms with van der Waals surface area (Å²) < 4.78 is 5.49. The minimum absolute atomic E-state index is 0.119. The van der Waals surface area contributed by atoms with Crippen molar-refractivity contribution in [1.82, 2.24) is 0 Å². The van der Waals surface area contributed by atoms with Gasteiger partial charge in [0.1, 0.15) is 5.75 Å². The van der Waals surface area contributed by atoms with Crippen LogP contribution in [0.25, 0.3) is 0 Å². The molecule has 0 heterocycles. The van der Waals surface area contributed by atoms with Crippen LogP contribution in [-0.2, 0) is 4.79 Å². The monoisotopic (exact) mass is 367 g/mol. The van der Waals surface area contributed by atoms with Crippen LogP contribution in [0.2, 0.25) is 10.0 Å². The third-order valence-corrected chi connectivity index (χ3v) is 3.62. The summed E-state index contributed by atoms with van der Waals surface area (Å²) in [4.78, 5) is 22.7. The number of carboxylic acids is 1. The maximum atomic E-state index is 11.9. The molecule has 7 heteroatoms. The molecule has 24 heavy (non-hydrogen) atoms. The van der Waals surface area contributed by atoms with Crippen LogP contribution in [0.5, 0.6) is 5.75 Å². The average molecular weight is 368 g/mol. The van der Waals surface area contributed by atoms with Crippen LogP contribution in [0.15, 0.2) is 42.5 Å². The van der Waals surface area contributed by atoms with Gasteiger partial charge in [-0.3, -0.25) is 4.79 Å². The molecule has 0 spiro atoms. The second-order valence-corrected chi connectivity index (χ2v) is 5.80. The molecule has 0 fully saturated rings. The van der Waals surface area contributed by atoms with E-state index in [1.54, 1.807) is 30.3 Å². The average Bonchev–Trinajstić information content (AvgIpc) is 2.53. The summed E-state index contributed by atoms with van der Waals surface area (Å²) in [5, 5.41) is 12.5. The predicted molar refractivity (Wildman–Crippen MR) is 93.2 cm³/mol. The highest BCUT2D eigenvalue weighted by molar-refractivity contribution is 6.35. The zero-order valence-electron chi connectivity index (χ0n) is 12.6. The fraction of sp³-hybridized carbons (Fsp3) is 0.176. The molecular weight excluding hydrogens is 353 g/mol. The maximum Gasteiger partial charge on any atom is 0.335 e. The molecule has 0 saturated carbocycles. The van der Waals surface area contributed by atoms with Crippen LogP contribution in [0, 0.1) is 0 Å². The summed E-state index contributed by atoms with van der Waals surface area (Å²) >= 11 is 11.8. The SMILES string of the molecule is O=C(CCCOc1ccc(Cl)cc1Cl)Nc1cccc(C(=O)O)c1. The Morgan fingerprint density at radius 2 is 1.92 bits per heavy atom. The molecule has 1 amide bonds. The zero-order valence-corrected chi connectivity index (χ0v) is 14.1. The van der Waals surface area contributed by atoms with Gasteiger partial charge >= 0.3 is 5.97 Å². The van der Waals surface area contributed by atoms with Gasteiger partial charge in [-0.25, -0.2) is 4.79 Å². The molecular formula is C17H15Cl2NO4. The Balaban J connectivity index is 1.77. The lowest BCUT2D eigenvalue weighted by molar-refractivity contribution is -0.116. The van der Waals surface area contributed by atoms with Crippen LogP contribution in [0.3, 0.4) is 0 Å². The summed E-state index contributed by atoms with van der Waals surface area (Å²) in [7, 11) is 0. The van der Waals surface area contributed by atoms with Crippen LogP contribution < -0.4 is 10.1 Å². The molecule has 5 nitrogen and oxygen atoms in total. The van der Waals surface area contributed by atoms with Gasteiger partial charge in [-0.15, -0.1) is 0 Å². The second kappa shape index (κ2) is 8.57. The van der Waals surface area contributed by atoms with Crippen molar-refractivity contribution in [2.24, 2.45) is 0 Å². The highest BCUT2D eigenvalue weighted by Gasteiger charge is 2.07. The number of anilines is 1. The van der Waals surface area contributed by atoms with E-state index in [1.807, 2.05) is 0 Å². The number of hydrogen-bond donors (Lipinski definition) is 2. The topological polar surface area (TPSA) is 75.6 Å². The number of aromatic carboxylic acids is 1. The Kier molecular flexibility index (Phi) is 6.46. The molecule has 0 aliphatic rings. The van der Waals surface area contributed by atoms with E-state index in [0.717, 1.165) is 0 Å². The summed E-state index contributed by atoms with van der Waals surface area (Å²) in [6.07, 6.45) is 0.728. The number of hydrogen-bond acceptors (Lipinski definition) is 3. The Bertz CT molecular complexity index is 749. The zero-order chi connectivity index (χ0) is 17.5. The number of rotatable bonds is 7. The van der Waals surface area contributed by atoms with Crippen molar-refractivity contribution < 1.29 is 19.4 Å². The Hall–Kier alpha value is -2.24. The lowest BCUT2D eigenvalue weighted by Crippen LogP contribution is -2.13. The number of carbonyl (C=O) groups excluding carboxylic acids is 1. The van der Waals surface area contributed by atoms with E-state index >= 15 is 0 Å². The van der Waals surface area contributed by atoms with Gasteiger partial charge in [-0.1, -0.05) is 29.3 Å². The van der Waals surface area contributed by atoms with Gasteiger partial charge in [0.2, 0.25) is 5.91 Å². The maximum absolute atomic E-state index is 11.9. The number of halogens is 2. The fourth-order valence-electron chi connectivity index (χ4n) is 1.96. The number of nitrogens with one attached hydrogen (secondary N) is 1. The smallest absolute Gasteiger partial charge is 0.335 e. The van der Waals surface area contributed by atoms with Crippen molar-refractivity contribution in [2.45, 2.75) is 12.8 Å². The van der Waals surface area contributed by atoms with E-state index in [9.17, 15) is 9.59 Å². The summed E-state index contributed by atoms with van der Waals surface area (Å²) in [6, 6.07) is 11.0. The predicted octanol–water partition coefficient (Wildman–Crippen LogP) is 4.49. The van der Waals surface area contributed by atoms with Crippen LogP contribution in [0.4, 0.5) is 5.69 Å². The lowest BCUT2D eigenvalue weighted by atomic mass is 10.2. The van der Waals surface area contributed by atoms with E-state index in [0.29, 0.717) is 34.5 Å². The standard InChI is InChI=1S/C17H15Cl2NO4/c18-12-6-7-15(14(19)10-12)24-8-2-5-16(21)20-13-4-1-3-11(9-13)17(22)23/h1,3-4,6-7,9-10H,2,5,8H2,(H,20,21)(H,22,23). The van der Waals surface area contributed by atoms with Crippen molar-refractivity contribution >= 4 is 40.8 Å². The fourth-order valence-corrected chi connectivity index (χ4v) is 2.42. The van der Waals surface area contributed by atoms with Crippen LogP contribution >= 0.6 is 23.2 Å². The second-order valence-electron chi connectivity index (χ2n) is 4.96. The Labute approximate surface area is 149 Å². The molecule has 2 N–H and O–H groups in total. The number of carbonyl (C=O) groups is 2. The molecule has 0 unspecified atom stereocenters. The van der Waals surface area contributed by atoms with Crippen LogP contribution in [-0.4, -0.2) is 23.6 Å². The largest absolute Gasteiger partial charge is 0.492 e. The molecule has 126 valence electrons. The molecule has 0 aliphatic heterocycles. The van der Waals surface area contributed by atoms with Gasteiger partial charge in [-0.2, -0.15) is 0 Å². The third-order valence-electron chi connectivity index (χ3n) is 3.09. The number of benzene rings is 2. The Morgan fingerprint density at radius 3 is 2.62 bits per heavy atom. The first-order valence-corrected chi connectivity index (χ1v) is 7.92. The van der Waals surface area contributed by atoms with Gasteiger partial charge in [-0.05, 0) is 42.8 Å². The van der Waals surface area contributed by atoms with Gasteiger partial charge in [0, 0.05) is 17.1 Å². The molecule has 0 saturated heterocycles. The van der Waals surface area contributed by atoms with Crippen molar-refractivity contribution in [3.63, 3.8) is 0 Å². The summed E-state index contributed by atoms with van der Waals surface area (Å²) in [6.45, 7) is 0.323. The first-order valence-electron chi connectivity index (χ1n) is 7.17. The first-order chi connectivity index (χ1) is 11.5. The van der Waals surface area contributed by atoms with E-state index in [1.165, 1.54) is 12.1 Å². The minimum Gasteiger partial charge on any atom is -0.492 e. The molecule has 0 aliphatic carbocycles. The van der Waals surface area contributed by atoms with Crippen molar-refractivity contribution in [2.75, 3.05) is 11.9 Å². The molecule has 2 aromatic carbocycles. The normalized spacial score (nSPS) is 10.2. The lowest BCUT2D eigenvalue weighted by Gasteiger charge is -2.09.